The molecule has 0 amide bonds. The van der Waals surface area contributed by atoms with E-state index in [4.69, 9.17) is 0 Å². The summed E-state index contributed by atoms with van der Waals surface area (Å²) in [5.41, 5.74) is 1.65. The van der Waals surface area contributed by atoms with E-state index in [1.807, 2.05) is 6.92 Å². The Labute approximate surface area is 134 Å². The zero-order valence-electron chi connectivity index (χ0n) is 12.0. The van der Waals surface area contributed by atoms with E-state index in [1.165, 1.54) is 18.9 Å². The molecule has 6 heteroatoms. The molecule has 2 saturated carbocycles. The molecule has 0 bridgehead atoms. The normalized spacial score (nSPS) is 20.5. The number of benzene rings is 1. The number of nitrogens with one attached hydrogen (secondary N) is 1. The second-order valence-electron chi connectivity index (χ2n) is 6.34. The molecule has 0 saturated heterocycles. The third-order valence-corrected chi connectivity index (χ3v) is 7.44. The monoisotopic (exact) mass is 373 g/mol. The molecule has 0 aliphatic heterocycles. The molecule has 2 aliphatic carbocycles. The van der Waals surface area contributed by atoms with Gasteiger partial charge in [0.1, 0.15) is 0 Å². The van der Waals surface area contributed by atoms with Crippen LogP contribution in [-0.2, 0) is 16.6 Å². The van der Waals surface area contributed by atoms with E-state index in [2.05, 4.69) is 20.7 Å². The molecule has 1 aromatic carbocycles. The molecule has 0 atom stereocenters. The lowest BCUT2D eigenvalue weighted by Gasteiger charge is -2.17. The van der Waals surface area contributed by atoms with Crippen LogP contribution < -0.4 is 4.72 Å². The van der Waals surface area contributed by atoms with Crippen molar-refractivity contribution in [2.75, 3.05) is 6.54 Å². The smallest absolute Gasteiger partial charge is 0.241 e. The average molecular weight is 374 g/mol. The summed E-state index contributed by atoms with van der Waals surface area (Å²) in [4.78, 5) is 0.221. The molecular formula is C15H20BrNO3S. The van der Waals surface area contributed by atoms with Gasteiger partial charge < -0.3 is 5.11 Å². The van der Waals surface area contributed by atoms with E-state index in [-0.39, 0.29) is 16.9 Å². The van der Waals surface area contributed by atoms with E-state index < -0.39 is 10.0 Å². The summed E-state index contributed by atoms with van der Waals surface area (Å²) < 4.78 is 28.5. The van der Waals surface area contributed by atoms with Gasteiger partial charge in [-0.05, 0) is 77.1 Å². The van der Waals surface area contributed by atoms with E-state index >= 15 is 0 Å². The van der Waals surface area contributed by atoms with Crippen LogP contribution >= 0.6 is 15.9 Å². The minimum Gasteiger partial charge on any atom is -0.392 e. The maximum Gasteiger partial charge on any atom is 0.241 e. The van der Waals surface area contributed by atoms with Gasteiger partial charge in [0.05, 0.1) is 11.5 Å². The number of aryl methyl sites for hydroxylation is 1. The van der Waals surface area contributed by atoms with Crippen molar-refractivity contribution >= 4 is 26.0 Å². The zero-order chi connectivity index (χ0) is 15.3. The van der Waals surface area contributed by atoms with Crippen molar-refractivity contribution in [3.8, 4) is 0 Å². The summed E-state index contributed by atoms with van der Waals surface area (Å²) in [7, 11) is -3.55. The van der Waals surface area contributed by atoms with Gasteiger partial charge in [-0.2, -0.15) is 0 Å². The number of hydrogen-bond acceptors (Lipinski definition) is 3. The molecule has 1 aromatic rings. The molecule has 0 radical (unpaired) electrons. The topological polar surface area (TPSA) is 66.4 Å². The van der Waals surface area contributed by atoms with Gasteiger partial charge in [-0.3, -0.25) is 0 Å². The van der Waals surface area contributed by atoms with Crippen LogP contribution in [-0.4, -0.2) is 20.1 Å². The lowest BCUT2D eigenvalue weighted by atomic mass is 10.0. The molecule has 2 N–H and O–H groups in total. The molecule has 2 fully saturated rings. The Morgan fingerprint density at radius 3 is 2.57 bits per heavy atom. The molecule has 0 spiro atoms. The summed E-state index contributed by atoms with van der Waals surface area (Å²) in [6, 6.07) is 3.33. The Kier molecular flexibility index (Phi) is 3.93. The Hall–Kier alpha value is -0.430. The van der Waals surface area contributed by atoms with E-state index in [0.717, 1.165) is 18.4 Å². The third-order valence-electron chi connectivity index (χ3n) is 4.70. The van der Waals surface area contributed by atoms with Crippen LogP contribution in [0.15, 0.2) is 21.5 Å². The highest BCUT2D eigenvalue weighted by Gasteiger charge is 2.53. The quantitative estimate of drug-likeness (QED) is 0.805. The number of hydrogen-bond donors (Lipinski definition) is 2. The average Bonchev–Trinajstić information content (AvgIpc) is 3.31. The predicted octanol–water partition coefficient (Wildman–Crippen LogP) is 2.72. The van der Waals surface area contributed by atoms with Crippen LogP contribution in [0.5, 0.6) is 0 Å². The standard InChI is InChI=1S/C15H20BrNO3S/c1-10-6-11(8-18)7-13(14(10)16)21(19,20)17-9-15(4-5-15)12-2-3-12/h6-7,12,17-18H,2-5,8-9H2,1H3. The maximum absolute atomic E-state index is 12.6. The summed E-state index contributed by atoms with van der Waals surface area (Å²) >= 11 is 3.36. The van der Waals surface area contributed by atoms with Crippen molar-refractivity contribution in [3.63, 3.8) is 0 Å². The first-order valence-corrected chi connectivity index (χ1v) is 9.55. The van der Waals surface area contributed by atoms with Gasteiger partial charge in [-0.1, -0.05) is 6.07 Å². The first kappa shape index (κ1) is 15.5. The first-order chi connectivity index (χ1) is 9.88. The van der Waals surface area contributed by atoms with Crippen LogP contribution in [0.25, 0.3) is 0 Å². The summed E-state index contributed by atoms with van der Waals surface area (Å²) in [6.45, 7) is 2.20. The maximum atomic E-state index is 12.6. The Morgan fingerprint density at radius 1 is 1.38 bits per heavy atom. The lowest BCUT2D eigenvalue weighted by Crippen LogP contribution is -2.31. The summed E-state index contributed by atoms with van der Waals surface area (Å²) in [5.74, 6) is 0.717. The number of sulfonamides is 1. The van der Waals surface area contributed by atoms with Crippen molar-refractivity contribution in [2.24, 2.45) is 11.3 Å². The van der Waals surface area contributed by atoms with Crippen LogP contribution in [0.2, 0.25) is 0 Å². The minimum absolute atomic E-state index is 0.164. The van der Waals surface area contributed by atoms with E-state index in [1.54, 1.807) is 6.07 Å². The highest BCUT2D eigenvalue weighted by atomic mass is 79.9. The van der Waals surface area contributed by atoms with Crippen molar-refractivity contribution in [3.05, 3.63) is 27.7 Å². The second-order valence-corrected chi connectivity index (χ2v) is 8.87. The minimum atomic E-state index is -3.55. The number of aliphatic hydroxyl groups excluding tert-OH is 1. The van der Waals surface area contributed by atoms with Gasteiger partial charge in [0.15, 0.2) is 0 Å². The highest BCUT2D eigenvalue weighted by molar-refractivity contribution is 9.10. The number of rotatable bonds is 6. The predicted molar refractivity (Wildman–Crippen MR) is 84.4 cm³/mol. The zero-order valence-corrected chi connectivity index (χ0v) is 14.4. The van der Waals surface area contributed by atoms with E-state index in [9.17, 15) is 13.5 Å². The fraction of sp³-hybridized carbons (Fsp3) is 0.600. The number of halogens is 1. The van der Waals surface area contributed by atoms with Crippen molar-refractivity contribution < 1.29 is 13.5 Å². The molecular weight excluding hydrogens is 354 g/mol. The Bertz CT molecular complexity index is 664. The Morgan fingerprint density at radius 2 is 2.05 bits per heavy atom. The van der Waals surface area contributed by atoms with Crippen LogP contribution in [0.4, 0.5) is 0 Å². The van der Waals surface area contributed by atoms with Gasteiger partial charge in [-0.15, -0.1) is 0 Å². The largest absolute Gasteiger partial charge is 0.392 e. The fourth-order valence-electron chi connectivity index (χ4n) is 3.00. The molecule has 0 heterocycles. The van der Waals surface area contributed by atoms with Crippen LogP contribution in [0, 0.1) is 18.3 Å². The highest BCUT2D eigenvalue weighted by Crippen LogP contribution is 2.60. The van der Waals surface area contributed by atoms with E-state index in [0.29, 0.717) is 22.5 Å². The summed E-state index contributed by atoms with van der Waals surface area (Å²) in [5, 5.41) is 9.26. The molecule has 2 aliphatic rings. The molecule has 116 valence electrons. The molecule has 4 nitrogen and oxygen atoms in total. The number of aliphatic hydroxyl groups is 1. The van der Waals surface area contributed by atoms with Crippen molar-refractivity contribution in [1.82, 2.24) is 4.72 Å². The van der Waals surface area contributed by atoms with Crippen molar-refractivity contribution in [2.45, 2.75) is 44.1 Å². The van der Waals surface area contributed by atoms with Crippen molar-refractivity contribution in [1.29, 1.82) is 0 Å². The van der Waals surface area contributed by atoms with Gasteiger partial charge in [0, 0.05) is 11.0 Å². The van der Waals surface area contributed by atoms with Gasteiger partial charge in [-0.25, -0.2) is 13.1 Å². The summed E-state index contributed by atoms with van der Waals surface area (Å²) in [6.07, 6.45) is 4.75. The van der Waals surface area contributed by atoms with Gasteiger partial charge in [0.2, 0.25) is 10.0 Å². The fourth-order valence-corrected chi connectivity index (χ4v) is 5.20. The molecule has 0 unspecified atom stereocenters. The van der Waals surface area contributed by atoms with Gasteiger partial charge in [0.25, 0.3) is 0 Å². The van der Waals surface area contributed by atoms with Crippen LogP contribution in [0.1, 0.15) is 36.8 Å². The van der Waals surface area contributed by atoms with Gasteiger partial charge >= 0.3 is 0 Å². The lowest BCUT2D eigenvalue weighted by molar-refractivity contribution is 0.281. The second kappa shape index (κ2) is 5.33. The first-order valence-electron chi connectivity index (χ1n) is 7.27. The van der Waals surface area contributed by atoms with Crippen LogP contribution in [0.3, 0.4) is 0 Å². The Balaban J connectivity index is 1.82. The molecule has 3 rings (SSSR count). The molecule has 21 heavy (non-hydrogen) atoms. The SMILES string of the molecule is Cc1cc(CO)cc(S(=O)(=O)NCC2(C3CC3)CC2)c1Br. The molecule has 0 aromatic heterocycles. The third kappa shape index (κ3) is 3.04.